The van der Waals surface area contributed by atoms with Crippen molar-refractivity contribution < 1.29 is 4.79 Å². The topological polar surface area (TPSA) is 70.7 Å². The zero-order valence-corrected chi connectivity index (χ0v) is 17.2. The van der Waals surface area contributed by atoms with Crippen LogP contribution in [-0.4, -0.2) is 21.0 Å². The summed E-state index contributed by atoms with van der Waals surface area (Å²) < 4.78 is 0. The van der Waals surface area contributed by atoms with Crippen LogP contribution < -0.4 is 5.32 Å². The average molecular weight is 406 g/mol. The lowest BCUT2D eigenvalue weighted by Crippen LogP contribution is -2.00. The maximum absolute atomic E-state index is 11.5. The number of rotatable bonds is 7. The molecular weight excluding hydrogens is 384 g/mol. The average Bonchev–Trinajstić information content (AvgIpc) is 3.19. The molecule has 5 heteroatoms. The second-order valence-corrected chi connectivity index (χ2v) is 7.41. The maximum atomic E-state index is 11.5. The van der Waals surface area contributed by atoms with Gasteiger partial charge in [-0.3, -0.25) is 9.89 Å². The van der Waals surface area contributed by atoms with Gasteiger partial charge < -0.3 is 5.32 Å². The predicted octanol–water partition coefficient (Wildman–Crippen LogP) is 4.86. The summed E-state index contributed by atoms with van der Waals surface area (Å²) in [5, 5.41) is 10.5. The van der Waals surface area contributed by atoms with E-state index in [1.807, 2.05) is 61.5 Å². The molecule has 0 unspecified atom stereocenters. The number of terminal acetylenes is 1. The van der Waals surface area contributed by atoms with E-state index in [2.05, 4.69) is 39.6 Å². The van der Waals surface area contributed by atoms with Gasteiger partial charge in [0.15, 0.2) is 5.82 Å². The second kappa shape index (κ2) is 9.10. The number of nitrogens with one attached hydrogen (secondary N) is 2. The minimum Gasteiger partial charge on any atom is -0.323 e. The van der Waals surface area contributed by atoms with E-state index in [1.54, 1.807) is 0 Å². The summed E-state index contributed by atoms with van der Waals surface area (Å²) >= 11 is 0. The molecule has 0 aliphatic carbocycles. The van der Waals surface area contributed by atoms with Crippen LogP contribution in [0.25, 0.3) is 11.3 Å². The summed E-state index contributed by atoms with van der Waals surface area (Å²) in [6, 6.07) is 24.2. The fourth-order valence-electron chi connectivity index (χ4n) is 3.38. The van der Waals surface area contributed by atoms with Crippen molar-refractivity contribution in [1.29, 1.82) is 0 Å². The third-order valence-electron chi connectivity index (χ3n) is 4.87. The standard InChI is InChI=1S/C26H22N4O/c1-3-23(31)15-20-9-11-22(12-10-20)24-16-21(14-19-7-5-4-6-8-19)17-25(27-24)28-26-13-18(2)29-30-26/h1,4-13,16-17H,14-15H2,2H3,(H2,27,28,29,30). The molecule has 152 valence electrons. The SMILES string of the molecule is C#CC(=O)Cc1ccc(-c2cc(Cc3ccccc3)cc(Nc3cc(C)[nH]n3)n2)cc1. The van der Waals surface area contributed by atoms with Crippen LogP contribution in [0.15, 0.2) is 72.8 Å². The molecule has 0 bridgehead atoms. The molecule has 5 nitrogen and oxygen atoms in total. The molecule has 0 spiro atoms. The lowest BCUT2D eigenvalue weighted by Gasteiger charge is -2.11. The molecule has 4 aromatic rings. The monoisotopic (exact) mass is 406 g/mol. The molecule has 4 rings (SSSR count). The number of ketones is 1. The highest BCUT2D eigenvalue weighted by Crippen LogP contribution is 2.25. The van der Waals surface area contributed by atoms with E-state index in [0.29, 0.717) is 0 Å². The Morgan fingerprint density at radius 2 is 1.74 bits per heavy atom. The fourth-order valence-corrected chi connectivity index (χ4v) is 3.38. The number of pyridine rings is 1. The van der Waals surface area contributed by atoms with Gasteiger partial charge in [0, 0.05) is 23.7 Å². The summed E-state index contributed by atoms with van der Waals surface area (Å²) in [7, 11) is 0. The van der Waals surface area contributed by atoms with Crippen LogP contribution in [0, 0.1) is 19.3 Å². The van der Waals surface area contributed by atoms with Crippen LogP contribution in [0.1, 0.15) is 22.4 Å². The van der Waals surface area contributed by atoms with Gasteiger partial charge in [-0.05, 0) is 48.1 Å². The highest BCUT2D eigenvalue weighted by Gasteiger charge is 2.09. The molecule has 31 heavy (non-hydrogen) atoms. The summed E-state index contributed by atoms with van der Waals surface area (Å²) in [5.41, 5.74) is 6.03. The first kappa shape index (κ1) is 20.1. The van der Waals surface area contributed by atoms with Crippen LogP contribution >= 0.6 is 0 Å². The Morgan fingerprint density at radius 1 is 0.968 bits per heavy atom. The van der Waals surface area contributed by atoms with E-state index >= 15 is 0 Å². The number of benzene rings is 2. The Kier molecular flexibility index (Phi) is 5.91. The molecule has 2 aromatic heterocycles. The van der Waals surface area contributed by atoms with Crippen molar-refractivity contribution in [3.05, 3.63) is 95.2 Å². The van der Waals surface area contributed by atoms with Gasteiger partial charge in [-0.1, -0.05) is 54.6 Å². The molecule has 0 amide bonds. The van der Waals surface area contributed by atoms with Gasteiger partial charge in [0.05, 0.1) is 5.69 Å². The minimum absolute atomic E-state index is 0.225. The molecule has 0 aliphatic heterocycles. The minimum atomic E-state index is -0.225. The van der Waals surface area contributed by atoms with E-state index in [0.717, 1.165) is 46.1 Å². The molecule has 2 N–H and O–H groups in total. The Morgan fingerprint density at radius 3 is 2.42 bits per heavy atom. The summed E-state index contributed by atoms with van der Waals surface area (Å²) in [5.74, 6) is 3.37. The van der Waals surface area contributed by atoms with Crippen LogP contribution in [0.2, 0.25) is 0 Å². The molecule has 0 radical (unpaired) electrons. The number of aromatic nitrogens is 3. The Labute approximate surface area is 181 Å². The molecule has 2 aromatic carbocycles. The van der Waals surface area contributed by atoms with Crippen molar-refractivity contribution >= 4 is 17.4 Å². The van der Waals surface area contributed by atoms with E-state index in [9.17, 15) is 4.79 Å². The first-order chi connectivity index (χ1) is 15.1. The van der Waals surface area contributed by atoms with Crippen molar-refractivity contribution in [3.63, 3.8) is 0 Å². The van der Waals surface area contributed by atoms with Gasteiger partial charge in [-0.25, -0.2) is 4.98 Å². The zero-order chi connectivity index (χ0) is 21.6. The molecule has 0 atom stereocenters. The maximum Gasteiger partial charge on any atom is 0.209 e. The molecule has 0 saturated carbocycles. The normalized spacial score (nSPS) is 10.5. The fraction of sp³-hybridized carbons (Fsp3) is 0.115. The number of Topliss-reactive ketones (excluding diaryl/α,β-unsaturated/α-hetero) is 1. The number of hydrogen-bond donors (Lipinski definition) is 2. The van der Waals surface area contributed by atoms with Crippen molar-refractivity contribution in [2.24, 2.45) is 0 Å². The lowest BCUT2D eigenvalue weighted by molar-refractivity contribution is -0.113. The smallest absolute Gasteiger partial charge is 0.209 e. The van der Waals surface area contributed by atoms with Crippen LogP contribution in [0.5, 0.6) is 0 Å². The van der Waals surface area contributed by atoms with Gasteiger partial charge in [0.2, 0.25) is 5.78 Å². The molecule has 0 aliphatic rings. The van der Waals surface area contributed by atoms with Crippen LogP contribution in [0.4, 0.5) is 11.6 Å². The highest BCUT2D eigenvalue weighted by molar-refractivity contribution is 5.96. The number of nitrogens with zero attached hydrogens (tertiary/aromatic N) is 2. The third-order valence-corrected chi connectivity index (χ3v) is 4.87. The van der Waals surface area contributed by atoms with Gasteiger partial charge in [-0.15, -0.1) is 6.42 Å². The van der Waals surface area contributed by atoms with Crippen molar-refractivity contribution in [1.82, 2.24) is 15.2 Å². The Balaban J connectivity index is 1.66. The van der Waals surface area contributed by atoms with Crippen molar-refractivity contribution in [2.75, 3.05) is 5.32 Å². The van der Waals surface area contributed by atoms with Crippen molar-refractivity contribution in [2.45, 2.75) is 19.8 Å². The predicted molar refractivity (Wildman–Crippen MR) is 123 cm³/mol. The highest BCUT2D eigenvalue weighted by atomic mass is 16.1. The Bertz CT molecular complexity index is 1230. The number of hydrogen-bond acceptors (Lipinski definition) is 4. The number of anilines is 2. The number of H-pyrrole nitrogens is 1. The first-order valence-electron chi connectivity index (χ1n) is 10.0. The summed E-state index contributed by atoms with van der Waals surface area (Å²) in [6.07, 6.45) is 6.21. The number of carbonyl (C=O) groups excluding carboxylic acids is 1. The van der Waals surface area contributed by atoms with E-state index in [-0.39, 0.29) is 12.2 Å². The van der Waals surface area contributed by atoms with Gasteiger partial charge in [0.1, 0.15) is 5.82 Å². The summed E-state index contributed by atoms with van der Waals surface area (Å²) in [6.45, 7) is 1.95. The summed E-state index contributed by atoms with van der Waals surface area (Å²) in [4.78, 5) is 16.3. The molecular formula is C26H22N4O. The Hall–Kier alpha value is -4.17. The number of aryl methyl sites for hydroxylation is 1. The van der Waals surface area contributed by atoms with E-state index in [1.165, 1.54) is 5.56 Å². The number of aromatic amines is 1. The molecule has 0 fully saturated rings. The third kappa shape index (κ3) is 5.26. The second-order valence-electron chi connectivity index (χ2n) is 7.41. The lowest BCUT2D eigenvalue weighted by atomic mass is 10.0. The zero-order valence-electron chi connectivity index (χ0n) is 17.2. The van der Waals surface area contributed by atoms with Gasteiger partial charge in [0.25, 0.3) is 0 Å². The van der Waals surface area contributed by atoms with E-state index < -0.39 is 0 Å². The van der Waals surface area contributed by atoms with Crippen LogP contribution in [-0.2, 0) is 17.6 Å². The quantitative estimate of drug-likeness (QED) is 0.340. The van der Waals surface area contributed by atoms with Gasteiger partial charge in [-0.2, -0.15) is 5.10 Å². The first-order valence-corrected chi connectivity index (χ1v) is 10.0. The number of carbonyl (C=O) groups is 1. The van der Waals surface area contributed by atoms with E-state index in [4.69, 9.17) is 11.4 Å². The van der Waals surface area contributed by atoms with Crippen molar-refractivity contribution in [3.8, 4) is 23.6 Å². The largest absolute Gasteiger partial charge is 0.323 e. The van der Waals surface area contributed by atoms with Crippen LogP contribution in [0.3, 0.4) is 0 Å². The molecule has 2 heterocycles. The molecule has 0 saturated heterocycles. The van der Waals surface area contributed by atoms with Gasteiger partial charge >= 0.3 is 0 Å².